The third kappa shape index (κ3) is 3.69. The van der Waals surface area contributed by atoms with Crippen LogP contribution < -0.4 is 0 Å². The summed E-state index contributed by atoms with van der Waals surface area (Å²) in [4.78, 5) is 36.8. The van der Waals surface area contributed by atoms with Gasteiger partial charge in [-0.15, -0.1) is 0 Å². The van der Waals surface area contributed by atoms with Gasteiger partial charge >= 0.3 is 0 Å². The standard InChI is InChI=1S/C27H30N4O3/c32-24-18-30(12-6-11-29-13-15-34-16-14-29)27(33)23-17-21-20-9-4-5-10-22(20)28-25(21)26(31(23)24)19-7-2-1-3-8-19/h1-5,7-10,23,26,28H,6,11-18H2/t23-,26+/m1/s1. The van der Waals surface area contributed by atoms with E-state index in [1.54, 1.807) is 4.90 Å². The Kier molecular flexibility index (Phi) is 5.59. The quantitative estimate of drug-likeness (QED) is 0.638. The van der Waals surface area contributed by atoms with E-state index in [4.69, 9.17) is 4.74 Å². The molecule has 2 saturated heterocycles. The van der Waals surface area contributed by atoms with Crippen molar-refractivity contribution >= 4 is 22.7 Å². The van der Waals surface area contributed by atoms with Crippen LogP contribution in [0.2, 0.25) is 0 Å². The number of aromatic amines is 1. The topological polar surface area (TPSA) is 68.9 Å². The van der Waals surface area contributed by atoms with Crippen LogP contribution in [-0.4, -0.2) is 83.5 Å². The van der Waals surface area contributed by atoms with E-state index in [9.17, 15) is 9.59 Å². The fraction of sp³-hybridized carbons (Fsp3) is 0.407. The highest BCUT2D eigenvalue weighted by atomic mass is 16.5. The lowest BCUT2D eigenvalue weighted by Crippen LogP contribution is -2.63. The molecule has 0 bridgehead atoms. The summed E-state index contributed by atoms with van der Waals surface area (Å²) in [5.41, 5.74) is 4.27. The van der Waals surface area contributed by atoms with Gasteiger partial charge in [0.25, 0.3) is 0 Å². The Hall–Kier alpha value is -3.16. The minimum absolute atomic E-state index is 0.0223. The first-order valence-corrected chi connectivity index (χ1v) is 12.2. The zero-order chi connectivity index (χ0) is 23.1. The number of hydrogen-bond acceptors (Lipinski definition) is 4. The van der Waals surface area contributed by atoms with Crippen LogP contribution in [0.3, 0.4) is 0 Å². The molecular weight excluding hydrogens is 428 g/mol. The summed E-state index contributed by atoms with van der Waals surface area (Å²) in [5.74, 6) is 0.0903. The van der Waals surface area contributed by atoms with Crippen molar-refractivity contribution in [1.82, 2.24) is 19.7 Å². The third-order valence-corrected chi connectivity index (χ3v) is 7.46. The van der Waals surface area contributed by atoms with E-state index in [0.717, 1.165) is 67.0 Å². The van der Waals surface area contributed by atoms with Crippen molar-refractivity contribution in [2.45, 2.75) is 24.9 Å². The number of piperazine rings is 1. The van der Waals surface area contributed by atoms with Crippen LogP contribution >= 0.6 is 0 Å². The number of hydrogen-bond donors (Lipinski definition) is 1. The third-order valence-electron chi connectivity index (χ3n) is 7.46. The summed E-state index contributed by atoms with van der Waals surface area (Å²) in [5, 5.41) is 1.14. The Bertz CT molecular complexity index is 1200. The van der Waals surface area contributed by atoms with Gasteiger partial charge in [-0.05, 0) is 23.6 Å². The fourth-order valence-corrected chi connectivity index (χ4v) is 5.80. The number of fused-ring (bicyclic) bond motifs is 4. The maximum Gasteiger partial charge on any atom is 0.246 e. The maximum atomic E-state index is 13.7. The SMILES string of the molecule is O=C1[C@H]2Cc3c([nH]c4ccccc34)[C@H](c3ccccc3)N2C(=O)CN1CCCN1CCOCC1. The van der Waals surface area contributed by atoms with Crippen molar-refractivity contribution < 1.29 is 14.3 Å². The second kappa shape index (κ2) is 8.89. The van der Waals surface area contributed by atoms with Crippen molar-refractivity contribution in [3.8, 4) is 0 Å². The van der Waals surface area contributed by atoms with Gasteiger partial charge < -0.3 is 19.5 Å². The number of carbonyl (C=O) groups excluding carboxylic acids is 2. The van der Waals surface area contributed by atoms with Crippen LogP contribution in [0.1, 0.15) is 29.3 Å². The molecule has 2 fully saturated rings. The van der Waals surface area contributed by atoms with E-state index in [2.05, 4.69) is 34.1 Å². The Morgan fingerprint density at radius 3 is 2.53 bits per heavy atom. The van der Waals surface area contributed by atoms with Crippen LogP contribution in [0.5, 0.6) is 0 Å². The lowest BCUT2D eigenvalue weighted by Gasteiger charge is -2.47. The van der Waals surface area contributed by atoms with Crippen LogP contribution in [0, 0.1) is 0 Å². The molecular formula is C27H30N4O3. The average Bonchev–Trinajstić information content (AvgIpc) is 3.25. The molecule has 7 nitrogen and oxygen atoms in total. The van der Waals surface area contributed by atoms with Gasteiger partial charge in [0, 0.05) is 49.2 Å². The lowest BCUT2D eigenvalue weighted by molar-refractivity contribution is -0.158. The number of ether oxygens (including phenoxy) is 1. The molecule has 1 N–H and O–H groups in total. The molecule has 2 amide bonds. The van der Waals surface area contributed by atoms with E-state index in [0.29, 0.717) is 13.0 Å². The normalized spacial score (nSPS) is 23.3. The van der Waals surface area contributed by atoms with Crippen LogP contribution in [0.25, 0.3) is 10.9 Å². The van der Waals surface area contributed by atoms with Gasteiger partial charge in [-0.1, -0.05) is 48.5 Å². The molecule has 0 unspecified atom stereocenters. The van der Waals surface area contributed by atoms with E-state index in [1.807, 2.05) is 35.2 Å². The second-order valence-electron chi connectivity index (χ2n) is 9.46. The zero-order valence-corrected chi connectivity index (χ0v) is 19.3. The van der Waals surface area contributed by atoms with Gasteiger partial charge in [-0.3, -0.25) is 14.5 Å². The Morgan fingerprint density at radius 1 is 0.941 bits per heavy atom. The minimum Gasteiger partial charge on any atom is -0.379 e. The van der Waals surface area contributed by atoms with Gasteiger partial charge in [-0.2, -0.15) is 0 Å². The molecule has 0 spiro atoms. The monoisotopic (exact) mass is 458 g/mol. The summed E-state index contributed by atoms with van der Waals surface area (Å²) in [6.07, 6.45) is 1.42. The number of carbonyl (C=O) groups is 2. The second-order valence-corrected chi connectivity index (χ2v) is 9.46. The number of rotatable bonds is 5. The molecule has 1 aromatic heterocycles. The smallest absolute Gasteiger partial charge is 0.246 e. The Balaban J connectivity index is 1.30. The molecule has 34 heavy (non-hydrogen) atoms. The summed E-state index contributed by atoms with van der Waals surface area (Å²) in [6.45, 7) is 5.10. The van der Waals surface area contributed by atoms with E-state index in [-0.39, 0.29) is 24.4 Å². The molecule has 7 heteroatoms. The number of amides is 2. The summed E-state index contributed by atoms with van der Waals surface area (Å²) in [6, 6.07) is 17.5. The Labute approximate surface area is 199 Å². The molecule has 2 aromatic carbocycles. The lowest BCUT2D eigenvalue weighted by atomic mass is 9.86. The number of morpholine rings is 1. The minimum atomic E-state index is -0.471. The number of para-hydroxylation sites is 1. The molecule has 2 atom stereocenters. The van der Waals surface area contributed by atoms with Gasteiger partial charge in [0.2, 0.25) is 11.8 Å². The van der Waals surface area contributed by atoms with Crippen molar-refractivity contribution in [3.05, 3.63) is 71.4 Å². The molecule has 3 aliphatic rings. The van der Waals surface area contributed by atoms with Crippen molar-refractivity contribution in [1.29, 1.82) is 0 Å². The van der Waals surface area contributed by atoms with Gasteiger partial charge in [0.1, 0.15) is 6.04 Å². The molecule has 176 valence electrons. The molecule has 4 heterocycles. The first kappa shape index (κ1) is 21.4. The zero-order valence-electron chi connectivity index (χ0n) is 19.3. The number of nitrogens with one attached hydrogen (secondary N) is 1. The molecule has 0 aliphatic carbocycles. The highest BCUT2D eigenvalue weighted by molar-refractivity contribution is 5.97. The highest BCUT2D eigenvalue weighted by Gasteiger charge is 2.48. The van der Waals surface area contributed by atoms with E-state index < -0.39 is 6.04 Å². The fourth-order valence-electron chi connectivity index (χ4n) is 5.80. The van der Waals surface area contributed by atoms with Gasteiger partial charge in [0.15, 0.2) is 0 Å². The summed E-state index contributed by atoms with van der Waals surface area (Å²) >= 11 is 0. The average molecular weight is 459 g/mol. The first-order chi connectivity index (χ1) is 16.7. The van der Waals surface area contributed by atoms with E-state index >= 15 is 0 Å². The molecule has 3 aromatic rings. The van der Waals surface area contributed by atoms with Crippen LogP contribution in [0.15, 0.2) is 54.6 Å². The number of H-pyrrole nitrogens is 1. The van der Waals surface area contributed by atoms with Crippen LogP contribution in [0.4, 0.5) is 0 Å². The number of nitrogens with zero attached hydrogens (tertiary/aromatic N) is 3. The van der Waals surface area contributed by atoms with Gasteiger partial charge in [-0.25, -0.2) is 0 Å². The van der Waals surface area contributed by atoms with E-state index in [1.165, 1.54) is 0 Å². The van der Waals surface area contributed by atoms with Crippen molar-refractivity contribution in [2.24, 2.45) is 0 Å². The summed E-state index contributed by atoms with van der Waals surface area (Å²) in [7, 11) is 0. The Morgan fingerprint density at radius 2 is 1.71 bits per heavy atom. The molecule has 0 radical (unpaired) electrons. The predicted molar refractivity (Wildman–Crippen MR) is 129 cm³/mol. The van der Waals surface area contributed by atoms with Crippen LogP contribution in [-0.2, 0) is 20.7 Å². The number of aromatic nitrogens is 1. The highest BCUT2D eigenvalue weighted by Crippen LogP contribution is 2.42. The first-order valence-electron chi connectivity index (χ1n) is 12.2. The molecule has 0 saturated carbocycles. The number of benzene rings is 2. The van der Waals surface area contributed by atoms with Crippen molar-refractivity contribution in [3.63, 3.8) is 0 Å². The predicted octanol–water partition coefficient (Wildman–Crippen LogP) is 2.58. The molecule has 3 aliphatic heterocycles. The maximum absolute atomic E-state index is 13.7. The molecule has 6 rings (SSSR count). The van der Waals surface area contributed by atoms with Gasteiger partial charge in [0.05, 0.1) is 25.8 Å². The largest absolute Gasteiger partial charge is 0.379 e. The van der Waals surface area contributed by atoms with Crippen molar-refractivity contribution in [2.75, 3.05) is 45.9 Å². The summed E-state index contributed by atoms with van der Waals surface area (Å²) < 4.78 is 5.43.